The molecule has 0 aromatic heterocycles. The molecular weight excluding hydrogens is 402 g/mol. The zero-order valence-corrected chi connectivity index (χ0v) is 17.5. The molecule has 0 radical (unpaired) electrons. The number of amides is 1. The third-order valence-corrected chi connectivity index (χ3v) is 4.84. The predicted molar refractivity (Wildman–Crippen MR) is 103 cm³/mol. The Balaban J connectivity index is 2.06. The lowest BCUT2D eigenvalue weighted by Gasteiger charge is -2.40. The van der Waals surface area contributed by atoms with Crippen LogP contribution >= 0.6 is 15.9 Å². The van der Waals surface area contributed by atoms with Crippen molar-refractivity contribution in [3.05, 3.63) is 37.8 Å². The van der Waals surface area contributed by atoms with Crippen molar-refractivity contribution in [2.45, 2.75) is 52.8 Å². The van der Waals surface area contributed by atoms with Crippen molar-refractivity contribution < 1.29 is 14.5 Å². The SMILES string of the molecule is Cc1c(CN2CCN(C(=O)OC(C)(C)C)C(C)C2)cc(Br)cc1[N+](=O)[O-]. The molecule has 1 heterocycles. The third kappa shape index (κ3) is 5.17. The molecule has 0 bridgehead atoms. The monoisotopic (exact) mass is 427 g/mol. The Kier molecular flexibility index (Phi) is 6.29. The lowest BCUT2D eigenvalue weighted by atomic mass is 10.1. The van der Waals surface area contributed by atoms with Gasteiger partial charge in [0.05, 0.1) is 4.92 Å². The first-order chi connectivity index (χ1) is 12.0. The molecule has 2 rings (SSSR count). The normalized spacial score (nSPS) is 18.7. The zero-order valence-electron chi connectivity index (χ0n) is 15.9. The Morgan fingerprint density at radius 1 is 1.38 bits per heavy atom. The number of nitro groups is 1. The summed E-state index contributed by atoms with van der Waals surface area (Å²) in [5.41, 5.74) is 1.21. The molecule has 7 nitrogen and oxygen atoms in total. The maximum Gasteiger partial charge on any atom is 0.410 e. The molecule has 1 atom stereocenters. The minimum absolute atomic E-state index is 0.0149. The quantitative estimate of drug-likeness (QED) is 0.535. The average molecular weight is 428 g/mol. The second-order valence-corrected chi connectivity index (χ2v) is 8.64. The van der Waals surface area contributed by atoms with Crippen LogP contribution in [0.4, 0.5) is 10.5 Å². The van der Waals surface area contributed by atoms with Crippen LogP contribution in [0.5, 0.6) is 0 Å². The van der Waals surface area contributed by atoms with Gasteiger partial charge < -0.3 is 9.64 Å². The van der Waals surface area contributed by atoms with Gasteiger partial charge in [0.15, 0.2) is 0 Å². The van der Waals surface area contributed by atoms with Gasteiger partial charge in [-0.1, -0.05) is 15.9 Å². The number of ether oxygens (including phenoxy) is 1. The molecule has 8 heteroatoms. The number of piperazine rings is 1. The summed E-state index contributed by atoms with van der Waals surface area (Å²) in [6.07, 6.45) is -0.293. The van der Waals surface area contributed by atoms with E-state index in [-0.39, 0.29) is 22.7 Å². The van der Waals surface area contributed by atoms with Crippen LogP contribution in [0.1, 0.15) is 38.8 Å². The van der Waals surface area contributed by atoms with E-state index in [2.05, 4.69) is 20.8 Å². The molecule has 1 aromatic rings. The van der Waals surface area contributed by atoms with Crippen LogP contribution in [0.15, 0.2) is 16.6 Å². The Morgan fingerprint density at radius 3 is 2.58 bits per heavy atom. The van der Waals surface area contributed by atoms with E-state index >= 15 is 0 Å². The maximum atomic E-state index is 12.3. The van der Waals surface area contributed by atoms with Crippen molar-refractivity contribution in [1.29, 1.82) is 0 Å². The van der Waals surface area contributed by atoms with Crippen LogP contribution in [0.25, 0.3) is 0 Å². The van der Waals surface area contributed by atoms with E-state index in [1.165, 1.54) is 6.07 Å². The minimum atomic E-state index is -0.514. The summed E-state index contributed by atoms with van der Waals surface area (Å²) in [6, 6.07) is 3.47. The Bertz CT molecular complexity index is 702. The second-order valence-electron chi connectivity index (χ2n) is 7.72. The minimum Gasteiger partial charge on any atom is -0.444 e. The second kappa shape index (κ2) is 7.92. The highest BCUT2D eigenvalue weighted by Gasteiger charge is 2.31. The molecule has 0 aliphatic carbocycles. The number of carbonyl (C=O) groups is 1. The van der Waals surface area contributed by atoms with Crippen molar-refractivity contribution in [2.75, 3.05) is 19.6 Å². The molecular formula is C18H26BrN3O4. The number of carbonyl (C=O) groups excluding carboxylic acids is 1. The fourth-order valence-electron chi connectivity index (χ4n) is 3.08. The number of hydrogen-bond acceptors (Lipinski definition) is 5. The summed E-state index contributed by atoms with van der Waals surface area (Å²) in [4.78, 5) is 27.1. The van der Waals surface area contributed by atoms with Crippen molar-refractivity contribution in [2.24, 2.45) is 0 Å². The Morgan fingerprint density at radius 2 is 2.04 bits per heavy atom. The van der Waals surface area contributed by atoms with Gasteiger partial charge in [-0.05, 0) is 46.2 Å². The largest absolute Gasteiger partial charge is 0.444 e. The fourth-order valence-corrected chi connectivity index (χ4v) is 3.58. The lowest BCUT2D eigenvalue weighted by Crippen LogP contribution is -2.54. The molecule has 1 unspecified atom stereocenters. The number of rotatable bonds is 3. The molecule has 1 amide bonds. The molecule has 26 heavy (non-hydrogen) atoms. The van der Waals surface area contributed by atoms with Gasteiger partial charge in [0, 0.05) is 48.3 Å². The summed E-state index contributed by atoms with van der Waals surface area (Å²) in [5, 5.41) is 11.2. The number of nitrogens with zero attached hydrogens (tertiary/aromatic N) is 3. The first kappa shape index (κ1) is 20.6. The maximum absolute atomic E-state index is 12.3. The topological polar surface area (TPSA) is 75.9 Å². The van der Waals surface area contributed by atoms with E-state index < -0.39 is 5.60 Å². The van der Waals surface area contributed by atoms with Gasteiger partial charge in [-0.25, -0.2) is 4.79 Å². The van der Waals surface area contributed by atoms with Crippen molar-refractivity contribution in [1.82, 2.24) is 9.80 Å². The van der Waals surface area contributed by atoms with E-state index in [9.17, 15) is 14.9 Å². The van der Waals surface area contributed by atoms with Gasteiger partial charge in [-0.3, -0.25) is 15.0 Å². The van der Waals surface area contributed by atoms with Crippen molar-refractivity contribution >= 4 is 27.7 Å². The Hall–Kier alpha value is -1.67. The van der Waals surface area contributed by atoms with Gasteiger partial charge in [0.25, 0.3) is 5.69 Å². The van der Waals surface area contributed by atoms with Gasteiger partial charge in [0.2, 0.25) is 0 Å². The van der Waals surface area contributed by atoms with E-state index in [1.54, 1.807) is 11.8 Å². The van der Waals surface area contributed by atoms with E-state index in [1.807, 2.05) is 33.8 Å². The first-order valence-electron chi connectivity index (χ1n) is 8.63. The molecule has 1 saturated heterocycles. The van der Waals surface area contributed by atoms with Gasteiger partial charge in [-0.2, -0.15) is 0 Å². The number of nitro benzene ring substituents is 1. The molecule has 144 valence electrons. The third-order valence-electron chi connectivity index (χ3n) is 4.38. The molecule has 1 aliphatic heterocycles. The van der Waals surface area contributed by atoms with Crippen LogP contribution in [-0.2, 0) is 11.3 Å². The van der Waals surface area contributed by atoms with E-state index in [0.717, 1.165) is 5.56 Å². The summed E-state index contributed by atoms with van der Waals surface area (Å²) in [6.45, 7) is 11.9. The highest BCUT2D eigenvalue weighted by atomic mass is 79.9. The molecule has 1 aromatic carbocycles. The van der Waals surface area contributed by atoms with Crippen molar-refractivity contribution in [3.63, 3.8) is 0 Å². The van der Waals surface area contributed by atoms with Crippen LogP contribution in [-0.4, -0.2) is 52.1 Å². The van der Waals surface area contributed by atoms with Crippen LogP contribution in [0.3, 0.4) is 0 Å². The predicted octanol–water partition coefficient (Wildman–Crippen LogP) is 4.11. The Labute approximate surface area is 162 Å². The van der Waals surface area contributed by atoms with E-state index in [0.29, 0.717) is 36.2 Å². The molecule has 1 fully saturated rings. The summed E-state index contributed by atoms with van der Waals surface area (Å²) in [7, 11) is 0. The number of hydrogen-bond donors (Lipinski definition) is 0. The average Bonchev–Trinajstić information content (AvgIpc) is 2.48. The zero-order chi connectivity index (χ0) is 19.6. The summed E-state index contributed by atoms with van der Waals surface area (Å²) < 4.78 is 6.16. The summed E-state index contributed by atoms with van der Waals surface area (Å²) >= 11 is 3.36. The molecule has 0 N–H and O–H groups in total. The first-order valence-corrected chi connectivity index (χ1v) is 9.42. The number of halogens is 1. The standard InChI is InChI=1S/C18H26BrN3O4/c1-12-10-20(6-7-21(12)17(23)26-18(3,4)5)11-14-8-15(19)9-16(13(14)2)22(24)25/h8-9,12H,6-7,10-11H2,1-5H3. The highest BCUT2D eigenvalue weighted by molar-refractivity contribution is 9.10. The van der Waals surface area contributed by atoms with Crippen LogP contribution in [0, 0.1) is 17.0 Å². The van der Waals surface area contributed by atoms with Gasteiger partial charge in [-0.15, -0.1) is 0 Å². The fraction of sp³-hybridized carbons (Fsp3) is 0.611. The van der Waals surface area contributed by atoms with Crippen LogP contribution < -0.4 is 0 Å². The smallest absolute Gasteiger partial charge is 0.410 e. The molecule has 0 spiro atoms. The highest BCUT2D eigenvalue weighted by Crippen LogP contribution is 2.28. The van der Waals surface area contributed by atoms with Gasteiger partial charge >= 0.3 is 6.09 Å². The number of benzene rings is 1. The van der Waals surface area contributed by atoms with Crippen LogP contribution in [0.2, 0.25) is 0 Å². The van der Waals surface area contributed by atoms with E-state index in [4.69, 9.17) is 4.74 Å². The lowest BCUT2D eigenvalue weighted by molar-refractivity contribution is -0.385. The van der Waals surface area contributed by atoms with Gasteiger partial charge in [0.1, 0.15) is 5.60 Å². The molecule has 0 saturated carbocycles. The van der Waals surface area contributed by atoms with Crippen molar-refractivity contribution in [3.8, 4) is 0 Å². The summed E-state index contributed by atoms with van der Waals surface area (Å²) in [5.74, 6) is 0. The molecule has 1 aliphatic rings.